The minimum absolute atomic E-state index is 0.0176. The zero-order valence-corrected chi connectivity index (χ0v) is 15.6. The van der Waals surface area contributed by atoms with Gasteiger partial charge in [-0.2, -0.15) is 0 Å². The van der Waals surface area contributed by atoms with Crippen molar-refractivity contribution in [3.05, 3.63) is 82.1 Å². The van der Waals surface area contributed by atoms with Crippen LogP contribution in [0.2, 0.25) is 0 Å². The maximum absolute atomic E-state index is 14.3. The lowest BCUT2D eigenvalue weighted by Gasteiger charge is -2.34. The van der Waals surface area contributed by atoms with Gasteiger partial charge in [-0.3, -0.25) is 4.79 Å². The molecule has 29 heavy (non-hydrogen) atoms. The van der Waals surface area contributed by atoms with Crippen LogP contribution in [0.25, 0.3) is 0 Å². The van der Waals surface area contributed by atoms with Crippen molar-refractivity contribution in [1.82, 2.24) is 4.90 Å². The van der Waals surface area contributed by atoms with Gasteiger partial charge in [0.05, 0.1) is 19.2 Å². The smallest absolute Gasteiger partial charge is 0.336 e. The SMILES string of the molecule is COC(=O)C1=C(C)N(Cc2cc(F)cc(F)c2)C(=O)CC1c1ccc(F)cc1F. The van der Waals surface area contributed by atoms with Crippen molar-refractivity contribution in [2.75, 3.05) is 7.11 Å². The average molecular weight is 407 g/mol. The molecule has 0 fully saturated rings. The minimum Gasteiger partial charge on any atom is -0.466 e. The summed E-state index contributed by atoms with van der Waals surface area (Å²) >= 11 is 0. The van der Waals surface area contributed by atoms with E-state index in [1.54, 1.807) is 0 Å². The van der Waals surface area contributed by atoms with Gasteiger partial charge < -0.3 is 9.64 Å². The first-order chi connectivity index (χ1) is 13.7. The number of ether oxygens (including phenoxy) is 1. The topological polar surface area (TPSA) is 46.6 Å². The van der Waals surface area contributed by atoms with Gasteiger partial charge in [0.2, 0.25) is 5.91 Å². The molecule has 0 N–H and O–H groups in total. The fourth-order valence-corrected chi connectivity index (χ4v) is 3.51. The van der Waals surface area contributed by atoms with Gasteiger partial charge in [-0.15, -0.1) is 0 Å². The third-order valence-electron chi connectivity index (χ3n) is 4.83. The van der Waals surface area contributed by atoms with Crippen LogP contribution in [0.15, 0.2) is 47.7 Å². The number of benzene rings is 2. The molecule has 1 aliphatic heterocycles. The third-order valence-corrected chi connectivity index (χ3v) is 4.83. The molecular weight excluding hydrogens is 390 g/mol. The summed E-state index contributed by atoms with van der Waals surface area (Å²) in [7, 11) is 1.14. The second-order valence-corrected chi connectivity index (χ2v) is 6.67. The molecule has 1 atom stereocenters. The van der Waals surface area contributed by atoms with Crippen LogP contribution in [-0.2, 0) is 20.9 Å². The molecule has 4 nitrogen and oxygen atoms in total. The van der Waals surface area contributed by atoms with E-state index in [0.717, 1.165) is 25.3 Å². The van der Waals surface area contributed by atoms with Crippen LogP contribution >= 0.6 is 0 Å². The van der Waals surface area contributed by atoms with Crippen molar-refractivity contribution in [2.45, 2.75) is 25.8 Å². The van der Waals surface area contributed by atoms with Crippen molar-refractivity contribution in [1.29, 1.82) is 0 Å². The van der Waals surface area contributed by atoms with E-state index in [-0.39, 0.29) is 35.4 Å². The molecule has 8 heteroatoms. The summed E-state index contributed by atoms with van der Waals surface area (Å²) in [4.78, 5) is 26.4. The molecular formula is C21H17F4NO3. The van der Waals surface area contributed by atoms with Gasteiger partial charge in [-0.05, 0) is 36.2 Å². The summed E-state index contributed by atoms with van der Waals surface area (Å²) in [6.45, 7) is 1.28. The number of amides is 1. The number of halogens is 4. The molecule has 1 aliphatic rings. The van der Waals surface area contributed by atoms with E-state index >= 15 is 0 Å². The molecule has 1 amide bonds. The number of hydrogen-bond acceptors (Lipinski definition) is 3. The Balaban J connectivity index is 2.06. The van der Waals surface area contributed by atoms with Crippen LogP contribution in [0.3, 0.4) is 0 Å². The Labute approximate surface area is 164 Å². The highest BCUT2D eigenvalue weighted by molar-refractivity contribution is 5.95. The van der Waals surface area contributed by atoms with Gasteiger partial charge >= 0.3 is 5.97 Å². The first-order valence-electron chi connectivity index (χ1n) is 8.70. The number of carbonyl (C=O) groups excluding carboxylic acids is 2. The lowest BCUT2D eigenvalue weighted by molar-refractivity contribution is -0.138. The Kier molecular flexibility index (Phi) is 5.72. The third kappa shape index (κ3) is 4.16. The number of esters is 1. The predicted octanol–water partition coefficient (Wildman–Crippen LogP) is 4.21. The van der Waals surface area contributed by atoms with Crippen LogP contribution in [0.5, 0.6) is 0 Å². The Morgan fingerprint density at radius 3 is 2.31 bits per heavy atom. The molecule has 2 aromatic rings. The van der Waals surface area contributed by atoms with E-state index < -0.39 is 41.1 Å². The summed E-state index contributed by atoms with van der Waals surface area (Å²) in [5.41, 5.74) is 0.364. The van der Waals surface area contributed by atoms with Gasteiger partial charge in [0.1, 0.15) is 23.3 Å². The highest BCUT2D eigenvalue weighted by Gasteiger charge is 2.38. The first kappa shape index (κ1) is 20.6. The molecule has 3 rings (SSSR count). The largest absolute Gasteiger partial charge is 0.466 e. The van der Waals surface area contributed by atoms with Crippen molar-refractivity contribution in [2.24, 2.45) is 0 Å². The van der Waals surface area contributed by atoms with Crippen molar-refractivity contribution in [3.63, 3.8) is 0 Å². The summed E-state index contributed by atoms with van der Waals surface area (Å²) in [6, 6.07) is 5.75. The van der Waals surface area contributed by atoms with E-state index in [1.807, 2.05) is 0 Å². The highest BCUT2D eigenvalue weighted by atomic mass is 19.1. The normalized spacial score (nSPS) is 17.0. The zero-order valence-electron chi connectivity index (χ0n) is 15.6. The molecule has 0 aliphatic carbocycles. The zero-order chi connectivity index (χ0) is 21.3. The highest BCUT2D eigenvalue weighted by Crippen LogP contribution is 2.38. The van der Waals surface area contributed by atoms with Gasteiger partial charge in [-0.1, -0.05) is 6.07 Å². The quantitative estimate of drug-likeness (QED) is 0.564. The van der Waals surface area contributed by atoms with E-state index in [1.165, 1.54) is 17.9 Å². The van der Waals surface area contributed by atoms with E-state index in [9.17, 15) is 27.2 Å². The standard InChI is InChI=1S/C21H17F4NO3/c1-11-20(21(28)29-2)17(16-4-3-13(22)8-18(16)25)9-19(27)26(11)10-12-5-14(23)7-15(24)6-12/h3-8,17H,9-10H2,1-2H3. The Morgan fingerprint density at radius 2 is 1.72 bits per heavy atom. The molecule has 0 aromatic heterocycles. The van der Waals surface area contributed by atoms with E-state index in [2.05, 4.69) is 0 Å². The van der Waals surface area contributed by atoms with Gasteiger partial charge in [0, 0.05) is 30.2 Å². The predicted molar refractivity (Wildman–Crippen MR) is 95.3 cm³/mol. The molecule has 1 unspecified atom stereocenters. The van der Waals surface area contributed by atoms with Crippen LogP contribution in [-0.4, -0.2) is 23.9 Å². The lowest BCUT2D eigenvalue weighted by atomic mass is 9.83. The molecule has 2 aromatic carbocycles. The number of methoxy groups -OCH3 is 1. The Bertz CT molecular complexity index is 999. The van der Waals surface area contributed by atoms with Crippen LogP contribution < -0.4 is 0 Å². The second kappa shape index (κ2) is 8.06. The van der Waals surface area contributed by atoms with E-state index in [0.29, 0.717) is 12.1 Å². The van der Waals surface area contributed by atoms with Crippen LogP contribution in [0.4, 0.5) is 17.6 Å². The molecule has 0 bridgehead atoms. The monoisotopic (exact) mass is 407 g/mol. The molecule has 1 heterocycles. The lowest BCUT2D eigenvalue weighted by Crippen LogP contribution is -2.38. The Morgan fingerprint density at radius 1 is 1.07 bits per heavy atom. The maximum atomic E-state index is 14.3. The molecule has 0 saturated heterocycles. The van der Waals surface area contributed by atoms with Crippen LogP contribution in [0, 0.1) is 23.3 Å². The van der Waals surface area contributed by atoms with Gasteiger partial charge in [-0.25, -0.2) is 22.4 Å². The number of allylic oxidation sites excluding steroid dienone is 1. The van der Waals surface area contributed by atoms with Crippen molar-refractivity contribution < 1.29 is 31.9 Å². The number of hydrogen-bond donors (Lipinski definition) is 0. The van der Waals surface area contributed by atoms with Gasteiger partial charge in [0.25, 0.3) is 0 Å². The molecule has 0 radical (unpaired) electrons. The molecule has 0 saturated carbocycles. The van der Waals surface area contributed by atoms with E-state index in [4.69, 9.17) is 4.74 Å². The first-order valence-corrected chi connectivity index (χ1v) is 8.70. The molecule has 152 valence electrons. The maximum Gasteiger partial charge on any atom is 0.336 e. The number of nitrogens with zero attached hydrogens (tertiary/aromatic N) is 1. The number of rotatable bonds is 4. The second-order valence-electron chi connectivity index (χ2n) is 6.67. The number of carbonyl (C=O) groups is 2. The van der Waals surface area contributed by atoms with Crippen molar-refractivity contribution in [3.8, 4) is 0 Å². The summed E-state index contributed by atoms with van der Waals surface area (Å²) in [6.07, 6.45) is -0.290. The average Bonchev–Trinajstić information content (AvgIpc) is 2.63. The summed E-state index contributed by atoms with van der Waals surface area (Å²) in [5.74, 6) is -5.51. The molecule has 0 spiro atoms. The van der Waals surface area contributed by atoms with Crippen molar-refractivity contribution >= 4 is 11.9 Å². The fraction of sp³-hybridized carbons (Fsp3) is 0.238. The summed E-state index contributed by atoms with van der Waals surface area (Å²) in [5, 5.41) is 0. The summed E-state index contributed by atoms with van der Waals surface area (Å²) < 4.78 is 59.4. The van der Waals surface area contributed by atoms with Crippen LogP contribution in [0.1, 0.15) is 30.4 Å². The van der Waals surface area contributed by atoms with Gasteiger partial charge in [0.15, 0.2) is 0 Å². The fourth-order valence-electron chi connectivity index (χ4n) is 3.51. The minimum atomic E-state index is -0.976. The Hall–Kier alpha value is -3.16.